The lowest BCUT2D eigenvalue weighted by atomic mass is 10.0. The van der Waals surface area contributed by atoms with Gasteiger partial charge in [-0.25, -0.2) is 9.36 Å². The van der Waals surface area contributed by atoms with Gasteiger partial charge in [-0.3, -0.25) is 4.90 Å². The van der Waals surface area contributed by atoms with Crippen LogP contribution in [-0.2, 0) is 6.54 Å². The van der Waals surface area contributed by atoms with Crippen molar-refractivity contribution in [1.29, 1.82) is 0 Å². The number of oxazole rings is 1. The molecule has 0 aliphatic carbocycles. The summed E-state index contributed by atoms with van der Waals surface area (Å²) in [5, 5.41) is 9.64. The molecule has 20 heavy (non-hydrogen) atoms. The fraction of sp³-hybridized carbons (Fsp3) is 0.400. The van der Waals surface area contributed by atoms with Gasteiger partial charge >= 0.3 is 5.76 Å². The third kappa shape index (κ3) is 2.63. The van der Waals surface area contributed by atoms with Crippen molar-refractivity contribution in [2.45, 2.75) is 25.4 Å². The minimum atomic E-state index is -0.469. The first-order chi connectivity index (χ1) is 9.74. The van der Waals surface area contributed by atoms with Gasteiger partial charge in [-0.05, 0) is 18.4 Å². The van der Waals surface area contributed by atoms with Crippen LogP contribution in [0, 0.1) is 0 Å². The number of hydrogen-bond donors (Lipinski definition) is 1. The largest absolute Gasteiger partial charge is 0.492 e. The summed E-state index contributed by atoms with van der Waals surface area (Å²) in [6, 6.07) is 10.4. The summed E-state index contributed by atoms with van der Waals surface area (Å²) in [7, 11) is 0. The van der Waals surface area contributed by atoms with Gasteiger partial charge in [0.25, 0.3) is 0 Å². The van der Waals surface area contributed by atoms with Crippen LogP contribution in [0.1, 0.15) is 24.4 Å². The molecule has 0 amide bonds. The summed E-state index contributed by atoms with van der Waals surface area (Å²) in [5.74, 6) is -0.541. The summed E-state index contributed by atoms with van der Waals surface area (Å²) in [6.45, 7) is 2.76. The Kier molecular flexibility index (Phi) is 3.60. The van der Waals surface area contributed by atoms with Gasteiger partial charge in [0.1, 0.15) is 0 Å². The summed E-state index contributed by atoms with van der Waals surface area (Å²) >= 11 is 0. The molecule has 0 radical (unpaired) electrons. The van der Waals surface area contributed by atoms with Crippen molar-refractivity contribution < 1.29 is 9.52 Å². The van der Waals surface area contributed by atoms with Crippen LogP contribution < -0.4 is 5.76 Å². The first-order valence-corrected chi connectivity index (χ1v) is 6.89. The van der Waals surface area contributed by atoms with E-state index in [4.69, 9.17) is 4.42 Å². The highest BCUT2D eigenvalue weighted by Gasteiger charge is 2.24. The molecular weight excluding hydrogens is 256 g/mol. The van der Waals surface area contributed by atoms with Crippen LogP contribution in [0.25, 0.3) is 0 Å². The quantitative estimate of drug-likeness (QED) is 0.930. The zero-order chi connectivity index (χ0) is 13.9. The number of likely N-dealkylation sites (tertiary alicyclic amines) is 1. The maximum Gasteiger partial charge on any atom is 0.422 e. The normalized spacial score (nSPS) is 17.4. The molecule has 1 fully saturated rings. The van der Waals surface area contributed by atoms with Gasteiger partial charge in [0.15, 0.2) is 6.26 Å². The summed E-state index contributed by atoms with van der Waals surface area (Å²) in [6.07, 6.45) is 2.80. The lowest BCUT2D eigenvalue weighted by molar-refractivity contribution is 0.170. The number of nitrogens with zero attached hydrogens (tertiary/aromatic N) is 2. The van der Waals surface area contributed by atoms with E-state index in [1.54, 1.807) is 0 Å². The molecule has 1 saturated heterocycles. The molecule has 0 bridgehead atoms. The third-order valence-corrected chi connectivity index (χ3v) is 3.88. The highest BCUT2D eigenvalue weighted by molar-refractivity contribution is 5.14. The molecule has 5 heteroatoms. The van der Waals surface area contributed by atoms with Crippen LogP contribution in [0.4, 0.5) is 0 Å². The van der Waals surface area contributed by atoms with Crippen molar-refractivity contribution >= 4 is 0 Å². The second-order valence-electron chi connectivity index (χ2n) is 5.22. The summed E-state index contributed by atoms with van der Waals surface area (Å²) in [5.41, 5.74) is 1.30. The SMILES string of the molecule is O=c1occ(O)n1C1CCN(Cc2ccccc2)CC1. The predicted molar refractivity (Wildman–Crippen MR) is 74.6 cm³/mol. The number of rotatable bonds is 3. The standard InChI is InChI=1S/C15H18N2O3/c18-14-11-20-15(19)17(14)13-6-8-16(9-7-13)10-12-4-2-1-3-5-12/h1-5,11,13,18H,6-10H2. The van der Waals surface area contributed by atoms with Crippen molar-refractivity contribution in [3.63, 3.8) is 0 Å². The molecule has 1 aliphatic rings. The Bertz CT molecular complexity index is 610. The predicted octanol–water partition coefficient (Wildman–Crippen LogP) is 1.98. The lowest BCUT2D eigenvalue weighted by Gasteiger charge is -2.32. The summed E-state index contributed by atoms with van der Waals surface area (Å²) < 4.78 is 6.08. The Balaban J connectivity index is 1.61. The zero-order valence-electron chi connectivity index (χ0n) is 11.2. The highest BCUT2D eigenvalue weighted by Crippen LogP contribution is 2.25. The molecule has 2 heterocycles. The number of aromatic nitrogens is 1. The molecule has 0 unspecified atom stereocenters. The van der Waals surface area contributed by atoms with E-state index < -0.39 is 5.76 Å². The smallest absolute Gasteiger partial charge is 0.422 e. The van der Waals surface area contributed by atoms with Gasteiger partial charge in [-0.1, -0.05) is 30.3 Å². The Morgan fingerprint density at radius 2 is 1.90 bits per heavy atom. The molecular formula is C15H18N2O3. The number of aromatic hydroxyl groups is 1. The second kappa shape index (κ2) is 5.54. The molecule has 0 atom stereocenters. The van der Waals surface area contributed by atoms with Gasteiger partial charge in [0, 0.05) is 25.7 Å². The van der Waals surface area contributed by atoms with Crippen molar-refractivity contribution in [2.75, 3.05) is 13.1 Å². The Morgan fingerprint density at radius 1 is 1.20 bits per heavy atom. The number of hydrogen-bond acceptors (Lipinski definition) is 4. The first kappa shape index (κ1) is 13.0. The number of benzene rings is 1. The van der Waals surface area contributed by atoms with E-state index in [1.165, 1.54) is 10.1 Å². The second-order valence-corrected chi connectivity index (χ2v) is 5.22. The van der Waals surface area contributed by atoms with E-state index in [1.807, 2.05) is 18.2 Å². The fourth-order valence-corrected chi connectivity index (χ4v) is 2.82. The Morgan fingerprint density at radius 3 is 2.50 bits per heavy atom. The van der Waals surface area contributed by atoms with Crippen LogP contribution in [-0.4, -0.2) is 27.7 Å². The Hall–Kier alpha value is -2.01. The highest BCUT2D eigenvalue weighted by atomic mass is 16.4. The average molecular weight is 274 g/mol. The van der Waals surface area contributed by atoms with E-state index in [0.717, 1.165) is 38.7 Å². The maximum atomic E-state index is 11.5. The molecule has 1 aromatic heterocycles. The van der Waals surface area contributed by atoms with Crippen molar-refractivity contribution in [3.05, 3.63) is 52.7 Å². The van der Waals surface area contributed by atoms with Gasteiger partial charge < -0.3 is 9.52 Å². The topological polar surface area (TPSA) is 58.6 Å². The van der Waals surface area contributed by atoms with E-state index >= 15 is 0 Å². The summed E-state index contributed by atoms with van der Waals surface area (Å²) in [4.78, 5) is 13.9. The van der Waals surface area contributed by atoms with Crippen LogP contribution in [0.5, 0.6) is 5.88 Å². The zero-order valence-corrected chi connectivity index (χ0v) is 11.2. The molecule has 106 valence electrons. The number of piperidine rings is 1. The minimum absolute atomic E-state index is 0.0354. The molecule has 2 aromatic rings. The van der Waals surface area contributed by atoms with Gasteiger partial charge in [0.05, 0.1) is 0 Å². The van der Waals surface area contributed by atoms with Crippen molar-refractivity contribution in [2.24, 2.45) is 0 Å². The maximum absolute atomic E-state index is 11.5. The van der Waals surface area contributed by atoms with Gasteiger partial charge in [-0.15, -0.1) is 0 Å². The van der Waals surface area contributed by atoms with Crippen LogP contribution in [0.2, 0.25) is 0 Å². The monoisotopic (exact) mass is 274 g/mol. The molecule has 1 aliphatic heterocycles. The molecule has 0 saturated carbocycles. The van der Waals surface area contributed by atoms with Gasteiger partial charge in [0.2, 0.25) is 5.88 Å². The van der Waals surface area contributed by atoms with Gasteiger partial charge in [-0.2, -0.15) is 0 Å². The third-order valence-electron chi connectivity index (χ3n) is 3.88. The first-order valence-electron chi connectivity index (χ1n) is 6.89. The van der Waals surface area contributed by atoms with Crippen LogP contribution in [0.15, 0.2) is 45.8 Å². The van der Waals surface area contributed by atoms with E-state index in [9.17, 15) is 9.90 Å². The molecule has 5 nitrogen and oxygen atoms in total. The fourth-order valence-electron chi connectivity index (χ4n) is 2.82. The molecule has 1 N–H and O–H groups in total. The Labute approximate surface area is 117 Å². The van der Waals surface area contributed by atoms with Crippen molar-refractivity contribution in [3.8, 4) is 5.88 Å². The van der Waals surface area contributed by atoms with E-state index in [-0.39, 0.29) is 11.9 Å². The van der Waals surface area contributed by atoms with Crippen LogP contribution >= 0.6 is 0 Å². The minimum Gasteiger partial charge on any atom is -0.492 e. The molecule has 0 spiro atoms. The van der Waals surface area contributed by atoms with Crippen molar-refractivity contribution in [1.82, 2.24) is 9.47 Å². The average Bonchev–Trinajstić information content (AvgIpc) is 2.81. The molecule has 1 aromatic carbocycles. The van der Waals surface area contributed by atoms with Crippen LogP contribution in [0.3, 0.4) is 0 Å². The lowest BCUT2D eigenvalue weighted by Crippen LogP contribution is -2.36. The molecule has 3 rings (SSSR count). The van der Waals surface area contributed by atoms with E-state index in [2.05, 4.69) is 17.0 Å². The van der Waals surface area contributed by atoms with E-state index in [0.29, 0.717) is 0 Å².